The minimum atomic E-state index is 0.468. The summed E-state index contributed by atoms with van der Waals surface area (Å²) in [6.07, 6.45) is 0. The molecule has 0 atom stereocenters. The zero-order valence-electron chi connectivity index (χ0n) is 11.2. The summed E-state index contributed by atoms with van der Waals surface area (Å²) in [4.78, 5) is 0. The summed E-state index contributed by atoms with van der Waals surface area (Å²) in [5.41, 5.74) is 3.51. The van der Waals surface area contributed by atoms with E-state index >= 15 is 0 Å². The third kappa shape index (κ3) is 6.30. The highest BCUT2D eigenvalue weighted by Gasteiger charge is 2.05. The van der Waals surface area contributed by atoms with Crippen molar-refractivity contribution in [2.24, 2.45) is 0 Å². The molecule has 19 heavy (non-hydrogen) atoms. The van der Waals surface area contributed by atoms with Crippen molar-refractivity contribution in [3.63, 3.8) is 0 Å². The fourth-order valence-electron chi connectivity index (χ4n) is 1.45. The Morgan fingerprint density at radius 2 is 2.21 bits per heavy atom. The molecule has 1 N–H and O–H groups in total. The topological polar surface area (TPSA) is 30.5 Å². The first kappa shape index (κ1) is 16.3. The fraction of sp³-hybridized carbons (Fsp3) is 0.429. The van der Waals surface area contributed by atoms with Crippen molar-refractivity contribution in [2.75, 3.05) is 26.9 Å². The lowest BCUT2D eigenvalue weighted by atomic mass is 10.2. The van der Waals surface area contributed by atoms with Crippen molar-refractivity contribution < 1.29 is 9.47 Å². The van der Waals surface area contributed by atoms with Crippen LogP contribution in [0, 0.1) is 0 Å². The number of halogens is 2. The SMILES string of the molecule is COCCNCc1cc(Cl)ccc1OC/C(C)=C/Cl. The number of rotatable bonds is 8. The summed E-state index contributed by atoms with van der Waals surface area (Å²) in [6, 6.07) is 5.59. The van der Waals surface area contributed by atoms with E-state index < -0.39 is 0 Å². The van der Waals surface area contributed by atoms with Crippen LogP contribution in [0.2, 0.25) is 5.02 Å². The molecule has 0 unspecified atom stereocenters. The first-order valence-corrected chi connectivity index (χ1v) is 6.85. The van der Waals surface area contributed by atoms with Gasteiger partial charge in [-0.2, -0.15) is 0 Å². The van der Waals surface area contributed by atoms with Crippen LogP contribution in [0.5, 0.6) is 5.75 Å². The van der Waals surface area contributed by atoms with Crippen LogP contribution in [0.3, 0.4) is 0 Å². The fourth-order valence-corrected chi connectivity index (χ4v) is 1.71. The molecule has 0 spiro atoms. The van der Waals surface area contributed by atoms with Gasteiger partial charge in [-0.15, -0.1) is 0 Å². The summed E-state index contributed by atoms with van der Waals surface area (Å²) in [5, 5.41) is 3.96. The van der Waals surface area contributed by atoms with Gasteiger partial charge < -0.3 is 14.8 Å². The minimum absolute atomic E-state index is 0.468. The van der Waals surface area contributed by atoms with Gasteiger partial charge in [-0.25, -0.2) is 0 Å². The lowest BCUT2D eigenvalue weighted by Gasteiger charge is -2.12. The maximum Gasteiger partial charge on any atom is 0.124 e. The molecule has 0 heterocycles. The first-order valence-electron chi connectivity index (χ1n) is 6.04. The van der Waals surface area contributed by atoms with Gasteiger partial charge in [-0.05, 0) is 30.7 Å². The Hall–Kier alpha value is -0.740. The molecule has 106 valence electrons. The molecule has 0 aliphatic rings. The lowest BCUT2D eigenvalue weighted by Crippen LogP contribution is -2.19. The molecule has 0 amide bonds. The Bertz CT molecular complexity index is 422. The number of ether oxygens (including phenoxy) is 2. The van der Waals surface area contributed by atoms with Crippen molar-refractivity contribution in [3.05, 3.63) is 39.9 Å². The summed E-state index contributed by atoms with van der Waals surface area (Å²) >= 11 is 11.6. The highest BCUT2D eigenvalue weighted by Crippen LogP contribution is 2.23. The average molecular weight is 304 g/mol. The van der Waals surface area contributed by atoms with E-state index in [0.717, 1.165) is 23.4 Å². The zero-order chi connectivity index (χ0) is 14.1. The Morgan fingerprint density at radius 1 is 1.42 bits per heavy atom. The summed E-state index contributed by atoms with van der Waals surface area (Å²) < 4.78 is 10.7. The summed E-state index contributed by atoms with van der Waals surface area (Å²) in [5.74, 6) is 0.812. The third-order valence-electron chi connectivity index (χ3n) is 2.46. The molecule has 0 aliphatic heterocycles. The van der Waals surface area contributed by atoms with Gasteiger partial charge >= 0.3 is 0 Å². The van der Waals surface area contributed by atoms with E-state index in [9.17, 15) is 0 Å². The van der Waals surface area contributed by atoms with Crippen LogP contribution in [0.25, 0.3) is 0 Å². The Balaban J connectivity index is 2.63. The molecule has 0 aromatic heterocycles. The number of methoxy groups -OCH3 is 1. The summed E-state index contributed by atoms with van der Waals surface area (Å²) in [7, 11) is 1.68. The van der Waals surface area contributed by atoms with Gasteiger partial charge in [-0.1, -0.05) is 23.2 Å². The Labute approximate surface area is 124 Å². The van der Waals surface area contributed by atoms with Crippen LogP contribution < -0.4 is 10.1 Å². The van der Waals surface area contributed by atoms with Gasteiger partial charge in [0.15, 0.2) is 0 Å². The lowest BCUT2D eigenvalue weighted by molar-refractivity contribution is 0.199. The molecular weight excluding hydrogens is 285 g/mol. The number of benzene rings is 1. The van der Waals surface area contributed by atoms with Crippen LogP contribution in [-0.4, -0.2) is 26.9 Å². The van der Waals surface area contributed by atoms with E-state index in [4.69, 9.17) is 32.7 Å². The van der Waals surface area contributed by atoms with Crippen molar-refractivity contribution in [2.45, 2.75) is 13.5 Å². The van der Waals surface area contributed by atoms with E-state index in [1.807, 2.05) is 25.1 Å². The minimum Gasteiger partial charge on any atom is -0.489 e. The van der Waals surface area contributed by atoms with Crippen molar-refractivity contribution in [1.82, 2.24) is 5.32 Å². The largest absolute Gasteiger partial charge is 0.489 e. The highest BCUT2D eigenvalue weighted by molar-refractivity contribution is 6.30. The molecule has 1 aromatic carbocycles. The van der Waals surface area contributed by atoms with E-state index in [-0.39, 0.29) is 0 Å². The van der Waals surface area contributed by atoms with Crippen LogP contribution in [-0.2, 0) is 11.3 Å². The second kappa shape index (κ2) is 9.21. The first-order chi connectivity index (χ1) is 9.17. The molecule has 1 aromatic rings. The number of hydrogen-bond acceptors (Lipinski definition) is 3. The molecule has 1 rings (SSSR count). The predicted octanol–water partition coefficient (Wildman–Crippen LogP) is 3.60. The molecule has 0 saturated heterocycles. The van der Waals surface area contributed by atoms with Crippen LogP contribution in [0.1, 0.15) is 12.5 Å². The molecule has 0 aliphatic carbocycles. The van der Waals surface area contributed by atoms with Crippen molar-refractivity contribution >= 4 is 23.2 Å². The van der Waals surface area contributed by atoms with E-state index in [1.54, 1.807) is 7.11 Å². The normalized spacial score (nSPS) is 11.7. The number of nitrogens with one attached hydrogen (secondary N) is 1. The molecule has 0 bridgehead atoms. The second-order valence-electron chi connectivity index (χ2n) is 4.17. The van der Waals surface area contributed by atoms with Gasteiger partial charge in [-0.3, -0.25) is 0 Å². The quantitative estimate of drug-likeness (QED) is 0.744. The van der Waals surface area contributed by atoms with Crippen LogP contribution >= 0.6 is 23.2 Å². The van der Waals surface area contributed by atoms with Crippen LogP contribution in [0.15, 0.2) is 29.3 Å². The maximum absolute atomic E-state index is 6.01. The van der Waals surface area contributed by atoms with Crippen molar-refractivity contribution in [1.29, 1.82) is 0 Å². The molecule has 5 heteroatoms. The molecule has 3 nitrogen and oxygen atoms in total. The van der Waals surface area contributed by atoms with Gasteiger partial charge in [0.1, 0.15) is 12.4 Å². The van der Waals surface area contributed by atoms with Gasteiger partial charge in [0, 0.05) is 36.3 Å². The smallest absolute Gasteiger partial charge is 0.124 e. The molecular formula is C14H19Cl2NO2. The highest BCUT2D eigenvalue weighted by atomic mass is 35.5. The molecule has 0 radical (unpaired) electrons. The standard InChI is InChI=1S/C14H19Cl2NO2/c1-11(8-15)10-19-14-4-3-13(16)7-12(14)9-17-5-6-18-2/h3-4,7-8,17H,5-6,9-10H2,1-2H3/b11-8+. The Kier molecular flexibility index (Phi) is 7.91. The molecule has 0 fully saturated rings. The monoisotopic (exact) mass is 303 g/mol. The Morgan fingerprint density at radius 3 is 2.89 bits per heavy atom. The van der Waals surface area contributed by atoms with Crippen LogP contribution in [0.4, 0.5) is 0 Å². The maximum atomic E-state index is 6.01. The zero-order valence-corrected chi connectivity index (χ0v) is 12.7. The third-order valence-corrected chi connectivity index (χ3v) is 3.07. The van der Waals surface area contributed by atoms with E-state index in [1.165, 1.54) is 5.54 Å². The van der Waals surface area contributed by atoms with E-state index in [0.29, 0.717) is 24.8 Å². The average Bonchev–Trinajstić information content (AvgIpc) is 2.42. The van der Waals surface area contributed by atoms with E-state index in [2.05, 4.69) is 5.32 Å². The van der Waals surface area contributed by atoms with Crippen molar-refractivity contribution in [3.8, 4) is 5.75 Å². The van der Waals surface area contributed by atoms with Gasteiger partial charge in [0.25, 0.3) is 0 Å². The molecule has 0 saturated carbocycles. The van der Waals surface area contributed by atoms with Gasteiger partial charge in [0.2, 0.25) is 0 Å². The number of hydrogen-bond donors (Lipinski definition) is 1. The second-order valence-corrected chi connectivity index (χ2v) is 4.82. The summed E-state index contributed by atoms with van der Waals surface area (Å²) in [6.45, 7) is 4.52. The van der Waals surface area contributed by atoms with Gasteiger partial charge in [0.05, 0.1) is 6.61 Å². The predicted molar refractivity (Wildman–Crippen MR) is 80.1 cm³/mol.